The third-order valence-corrected chi connectivity index (χ3v) is 4.52. The summed E-state index contributed by atoms with van der Waals surface area (Å²) in [6.07, 6.45) is 3.69. The number of carbonyl (C=O) groups is 1. The van der Waals surface area contributed by atoms with E-state index in [-0.39, 0.29) is 6.03 Å². The highest BCUT2D eigenvalue weighted by Gasteiger charge is 2.06. The van der Waals surface area contributed by atoms with E-state index in [9.17, 15) is 4.79 Å². The maximum atomic E-state index is 12.1. The van der Waals surface area contributed by atoms with E-state index < -0.39 is 0 Å². The Morgan fingerprint density at radius 1 is 1.11 bits per heavy atom. The molecule has 0 spiro atoms. The number of benzene rings is 2. The van der Waals surface area contributed by atoms with Crippen LogP contribution in [-0.2, 0) is 19.6 Å². The highest BCUT2D eigenvalue weighted by Crippen LogP contribution is 2.22. The molecule has 3 aromatic rings. The van der Waals surface area contributed by atoms with E-state index in [2.05, 4.69) is 37.7 Å². The molecule has 0 atom stereocenters. The molecule has 1 heterocycles. The van der Waals surface area contributed by atoms with Crippen molar-refractivity contribution in [3.05, 3.63) is 82.1 Å². The van der Waals surface area contributed by atoms with Gasteiger partial charge in [-0.25, -0.2) is 4.79 Å². The molecule has 0 aliphatic carbocycles. The quantitative estimate of drug-likeness (QED) is 0.602. The number of methoxy groups -OCH3 is 1. The second-order valence-corrected chi connectivity index (χ2v) is 6.93. The molecule has 0 aliphatic heterocycles. The molecule has 3 rings (SSSR count). The van der Waals surface area contributed by atoms with E-state index >= 15 is 0 Å². The van der Waals surface area contributed by atoms with Crippen LogP contribution < -0.4 is 15.4 Å². The Morgan fingerprint density at radius 2 is 1.93 bits per heavy atom. The van der Waals surface area contributed by atoms with Gasteiger partial charge in [-0.15, -0.1) is 0 Å². The molecule has 2 N–H and O–H groups in total. The van der Waals surface area contributed by atoms with E-state index in [1.54, 1.807) is 13.3 Å². The molecule has 0 saturated carbocycles. The molecule has 0 fully saturated rings. The summed E-state index contributed by atoms with van der Waals surface area (Å²) < 4.78 is 8.12. The lowest BCUT2D eigenvalue weighted by Crippen LogP contribution is -2.34. The molecule has 1 aromatic heterocycles. The Hall–Kier alpha value is -2.80. The average molecular weight is 429 g/mol. The first-order chi connectivity index (χ1) is 13.1. The highest BCUT2D eigenvalue weighted by atomic mass is 79.9. The van der Waals surface area contributed by atoms with Crippen LogP contribution in [0.5, 0.6) is 5.75 Å². The van der Waals surface area contributed by atoms with E-state index in [0.717, 1.165) is 26.9 Å². The molecule has 0 radical (unpaired) electrons. The molecule has 0 unspecified atom stereocenters. The summed E-state index contributed by atoms with van der Waals surface area (Å²) in [5.74, 6) is 0.741. The first-order valence-electron chi connectivity index (χ1n) is 8.53. The molecule has 0 saturated heterocycles. The van der Waals surface area contributed by atoms with Crippen LogP contribution in [0, 0.1) is 0 Å². The van der Waals surface area contributed by atoms with Crippen LogP contribution >= 0.6 is 15.9 Å². The molecule has 7 heteroatoms. The van der Waals surface area contributed by atoms with Crippen molar-refractivity contribution in [1.29, 1.82) is 0 Å². The predicted octanol–water partition coefficient (Wildman–Crippen LogP) is 3.70. The minimum atomic E-state index is -0.227. The lowest BCUT2D eigenvalue weighted by Gasteiger charge is -2.12. The smallest absolute Gasteiger partial charge is 0.315 e. The minimum Gasteiger partial charge on any atom is -0.496 e. The van der Waals surface area contributed by atoms with E-state index in [1.165, 1.54) is 0 Å². The summed E-state index contributed by atoms with van der Waals surface area (Å²) in [6, 6.07) is 15.5. The van der Waals surface area contributed by atoms with Gasteiger partial charge in [-0.3, -0.25) is 4.68 Å². The van der Waals surface area contributed by atoms with E-state index in [4.69, 9.17) is 4.74 Å². The number of nitrogens with zero attached hydrogens (tertiary/aromatic N) is 2. The van der Waals surface area contributed by atoms with Crippen molar-refractivity contribution in [3.63, 3.8) is 0 Å². The van der Waals surface area contributed by atoms with Crippen molar-refractivity contribution in [2.45, 2.75) is 19.6 Å². The third kappa shape index (κ3) is 5.59. The Balaban J connectivity index is 1.51. The zero-order chi connectivity index (χ0) is 19.1. The normalized spacial score (nSPS) is 10.4. The summed E-state index contributed by atoms with van der Waals surface area (Å²) in [5, 5.41) is 9.95. The van der Waals surface area contributed by atoms with Crippen molar-refractivity contribution >= 4 is 22.0 Å². The third-order valence-electron chi connectivity index (χ3n) is 4.03. The number of amides is 2. The SMILES string of the molecule is COc1ccc(Br)cc1CNC(=O)NCc1cccc(Cn2cccn2)c1. The summed E-state index contributed by atoms with van der Waals surface area (Å²) in [6.45, 7) is 1.54. The zero-order valence-corrected chi connectivity index (χ0v) is 16.6. The zero-order valence-electron chi connectivity index (χ0n) is 15.0. The largest absolute Gasteiger partial charge is 0.496 e. The van der Waals surface area contributed by atoms with Gasteiger partial charge in [0.25, 0.3) is 0 Å². The summed E-state index contributed by atoms with van der Waals surface area (Å²) in [7, 11) is 1.61. The van der Waals surface area contributed by atoms with Gasteiger partial charge in [0.1, 0.15) is 5.75 Å². The monoisotopic (exact) mass is 428 g/mol. The molecule has 6 nitrogen and oxygen atoms in total. The van der Waals surface area contributed by atoms with Gasteiger partial charge >= 0.3 is 6.03 Å². The van der Waals surface area contributed by atoms with Gasteiger partial charge in [-0.2, -0.15) is 5.10 Å². The van der Waals surface area contributed by atoms with Crippen LogP contribution in [0.15, 0.2) is 65.4 Å². The second kappa shape index (κ2) is 9.23. The molecule has 2 aromatic carbocycles. The van der Waals surface area contributed by atoms with Gasteiger partial charge in [0.2, 0.25) is 0 Å². The Morgan fingerprint density at radius 3 is 2.70 bits per heavy atom. The maximum absolute atomic E-state index is 12.1. The van der Waals surface area contributed by atoms with Gasteiger partial charge < -0.3 is 15.4 Å². The van der Waals surface area contributed by atoms with Crippen molar-refractivity contribution in [2.75, 3.05) is 7.11 Å². The first-order valence-corrected chi connectivity index (χ1v) is 9.32. The number of nitrogens with one attached hydrogen (secondary N) is 2. The summed E-state index contributed by atoms with van der Waals surface area (Å²) in [4.78, 5) is 12.1. The van der Waals surface area contributed by atoms with E-state index in [0.29, 0.717) is 19.6 Å². The van der Waals surface area contributed by atoms with Crippen LogP contribution in [0.25, 0.3) is 0 Å². The molecule has 2 amide bonds. The minimum absolute atomic E-state index is 0.227. The molecular weight excluding hydrogens is 408 g/mol. The fourth-order valence-electron chi connectivity index (χ4n) is 2.72. The predicted molar refractivity (Wildman–Crippen MR) is 108 cm³/mol. The lowest BCUT2D eigenvalue weighted by molar-refractivity contribution is 0.240. The van der Waals surface area contributed by atoms with Crippen LogP contribution in [0.4, 0.5) is 4.79 Å². The van der Waals surface area contributed by atoms with Gasteiger partial charge in [-0.1, -0.05) is 40.2 Å². The van der Waals surface area contributed by atoms with Gasteiger partial charge in [0, 0.05) is 35.5 Å². The Kier molecular flexibility index (Phi) is 6.49. The molecule has 0 aliphatic rings. The fourth-order valence-corrected chi connectivity index (χ4v) is 3.13. The Labute approximate surface area is 166 Å². The van der Waals surface area contributed by atoms with Gasteiger partial charge in [0.05, 0.1) is 13.7 Å². The number of rotatable bonds is 7. The topological polar surface area (TPSA) is 68.2 Å². The van der Waals surface area contributed by atoms with Crippen LogP contribution in [-0.4, -0.2) is 22.9 Å². The van der Waals surface area contributed by atoms with Crippen molar-refractivity contribution in [1.82, 2.24) is 20.4 Å². The number of ether oxygens (including phenoxy) is 1. The van der Waals surface area contributed by atoms with Gasteiger partial charge in [-0.05, 0) is 35.4 Å². The van der Waals surface area contributed by atoms with Crippen LogP contribution in [0.2, 0.25) is 0 Å². The molecule has 140 valence electrons. The van der Waals surface area contributed by atoms with Crippen LogP contribution in [0.1, 0.15) is 16.7 Å². The first kappa shape index (κ1) is 19.0. The average Bonchev–Trinajstić information content (AvgIpc) is 3.18. The number of carbonyl (C=O) groups excluding carboxylic acids is 1. The number of aromatic nitrogens is 2. The van der Waals surface area contributed by atoms with Crippen molar-refractivity contribution in [3.8, 4) is 5.75 Å². The molecular formula is C20H21BrN4O2. The maximum Gasteiger partial charge on any atom is 0.315 e. The number of hydrogen-bond acceptors (Lipinski definition) is 3. The summed E-state index contributed by atoms with van der Waals surface area (Å²) in [5.41, 5.74) is 3.08. The number of urea groups is 1. The fraction of sp³-hybridized carbons (Fsp3) is 0.200. The molecule has 27 heavy (non-hydrogen) atoms. The summed E-state index contributed by atoms with van der Waals surface area (Å²) >= 11 is 3.43. The van der Waals surface area contributed by atoms with Crippen molar-refractivity contribution in [2.24, 2.45) is 0 Å². The molecule has 0 bridgehead atoms. The van der Waals surface area contributed by atoms with Gasteiger partial charge in [0.15, 0.2) is 0 Å². The lowest BCUT2D eigenvalue weighted by atomic mass is 10.1. The highest BCUT2D eigenvalue weighted by molar-refractivity contribution is 9.10. The standard InChI is InChI=1S/C20H21BrN4O2/c1-27-19-7-6-18(21)11-17(19)13-23-20(26)22-12-15-4-2-5-16(10-15)14-25-9-3-8-24-25/h2-11H,12-14H2,1H3,(H2,22,23,26). The number of hydrogen-bond donors (Lipinski definition) is 2. The Bertz CT molecular complexity index is 897. The second-order valence-electron chi connectivity index (χ2n) is 6.02. The van der Waals surface area contributed by atoms with E-state index in [1.807, 2.05) is 53.3 Å². The number of halogens is 1. The van der Waals surface area contributed by atoms with Crippen LogP contribution in [0.3, 0.4) is 0 Å². The van der Waals surface area contributed by atoms with Crippen molar-refractivity contribution < 1.29 is 9.53 Å².